The van der Waals surface area contributed by atoms with Crippen molar-refractivity contribution in [1.29, 1.82) is 0 Å². The average molecular weight is 322 g/mol. The Morgan fingerprint density at radius 3 is 1.52 bits per heavy atom. The maximum atomic E-state index is 13.6. The number of carbonyl (C=O) groups excluding carboxylic acids is 1. The van der Waals surface area contributed by atoms with Crippen LogP contribution in [-0.4, -0.2) is 22.3 Å². The number of ketones is 1. The summed E-state index contributed by atoms with van der Waals surface area (Å²) in [5.41, 5.74) is 1.62. The average Bonchev–Trinajstić information content (AvgIpc) is 2.37. The molecule has 0 saturated heterocycles. The number of Topliss-reactive ketones (excluding diaryl/α,β-unsaturated/α-hetero) is 1. The van der Waals surface area contributed by atoms with Crippen LogP contribution in [0.3, 0.4) is 0 Å². The van der Waals surface area contributed by atoms with Gasteiger partial charge in [-0.25, -0.2) is 0 Å². The maximum Gasteiger partial charge on any atom is 0.167 e. The van der Waals surface area contributed by atoms with Gasteiger partial charge in [0.15, 0.2) is 5.78 Å². The van der Waals surface area contributed by atoms with Crippen LogP contribution in [0.15, 0.2) is 11.3 Å². The van der Waals surface area contributed by atoms with Crippen molar-refractivity contribution in [2.45, 2.75) is 94.7 Å². The lowest BCUT2D eigenvalue weighted by Crippen LogP contribution is -2.60. The first-order valence-corrected chi connectivity index (χ1v) is 9.20. The van der Waals surface area contributed by atoms with Crippen LogP contribution in [0.5, 0.6) is 0 Å². The molecule has 2 nitrogen and oxygen atoms in total. The topological polar surface area (TPSA) is 20.3 Å². The maximum absolute atomic E-state index is 13.6. The highest BCUT2D eigenvalue weighted by molar-refractivity contribution is 6.01. The Morgan fingerprint density at radius 2 is 1.22 bits per heavy atom. The summed E-state index contributed by atoms with van der Waals surface area (Å²) < 4.78 is 0. The second kappa shape index (κ2) is 5.93. The molecule has 1 rings (SSSR count). The van der Waals surface area contributed by atoms with Crippen LogP contribution < -0.4 is 0 Å². The fourth-order valence-corrected chi connectivity index (χ4v) is 4.30. The summed E-state index contributed by atoms with van der Waals surface area (Å²) in [4.78, 5) is 16.2. The molecule has 0 radical (unpaired) electrons. The molecular weight excluding hydrogens is 282 g/mol. The van der Waals surface area contributed by atoms with Crippen molar-refractivity contribution in [2.75, 3.05) is 0 Å². The number of hydrogen-bond donors (Lipinski definition) is 0. The van der Waals surface area contributed by atoms with E-state index in [9.17, 15) is 4.79 Å². The second-order valence-electron chi connectivity index (χ2n) is 9.71. The Bertz CT molecular complexity index is 504. The summed E-state index contributed by atoms with van der Waals surface area (Å²) in [6, 6.07) is 0.358. The highest BCUT2D eigenvalue weighted by Gasteiger charge is 2.58. The highest BCUT2D eigenvalue weighted by atomic mass is 16.1. The van der Waals surface area contributed by atoms with E-state index in [4.69, 9.17) is 0 Å². The van der Waals surface area contributed by atoms with Crippen molar-refractivity contribution in [2.24, 2.45) is 22.7 Å². The van der Waals surface area contributed by atoms with Crippen LogP contribution in [0.25, 0.3) is 0 Å². The zero-order valence-corrected chi connectivity index (χ0v) is 17.6. The molecule has 0 aliphatic carbocycles. The molecular formula is C21H39NO. The highest BCUT2D eigenvalue weighted by Crippen LogP contribution is 2.56. The van der Waals surface area contributed by atoms with Gasteiger partial charge in [-0.2, -0.15) is 0 Å². The molecule has 1 heterocycles. The molecule has 0 fully saturated rings. The standard InChI is InChI=1S/C21H39NO/c1-13(2)16-17(14(3)4)22(15(5)6)21(11,12)20(9,10)19(7,8)18(16)23/h13-15H,1-12H3. The third-order valence-electron chi connectivity index (χ3n) is 6.68. The van der Waals surface area contributed by atoms with E-state index in [2.05, 4.69) is 88.0 Å². The SMILES string of the molecule is CC(C)C1=C(C(C)C)N(C(C)C)C(C)(C)C(C)(C)C(C)(C)C1=O. The van der Waals surface area contributed by atoms with Crippen LogP contribution in [0.2, 0.25) is 0 Å². The van der Waals surface area contributed by atoms with Gasteiger partial charge >= 0.3 is 0 Å². The van der Waals surface area contributed by atoms with Crippen molar-refractivity contribution in [3.63, 3.8) is 0 Å². The monoisotopic (exact) mass is 321 g/mol. The molecule has 0 aromatic heterocycles. The molecule has 0 spiro atoms. The smallest absolute Gasteiger partial charge is 0.167 e. The first-order valence-electron chi connectivity index (χ1n) is 9.20. The van der Waals surface area contributed by atoms with Crippen LogP contribution >= 0.6 is 0 Å². The molecule has 0 N–H and O–H groups in total. The predicted molar refractivity (Wildman–Crippen MR) is 100 cm³/mol. The van der Waals surface area contributed by atoms with Gasteiger partial charge in [0.25, 0.3) is 0 Å². The Hall–Kier alpha value is -0.790. The van der Waals surface area contributed by atoms with Gasteiger partial charge < -0.3 is 4.90 Å². The summed E-state index contributed by atoms with van der Waals surface area (Å²) >= 11 is 0. The van der Waals surface area contributed by atoms with E-state index in [1.54, 1.807) is 0 Å². The molecule has 1 aliphatic heterocycles. The molecule has 0 amide bonds. The fraction of sp³-hybridized carbons (Fsp3) is 0.857. The number of allylic oxidation sites excluding steroid dienone is 2. The Labute approximate surface area is 144 Å². The minimum atomic E-state index is -0.403. The van der Waals surface area contributed by atoms with E-state index in [0.29, 0.717) is 17.7 Å². The first-order chi connectivity index (χ1) is 10.1. The Kier molecular flexibility index (Phi) is 5.23. The quantitative estimate of drug-likeness (QED) is 0.667. The number of rotatable bonds is 3. The zero-order valence-electron chi connectivity index (χ0n) is 17.6. The summed E-state index contributed by atoms with van der Waals surface area (Å²) in [6.07, 6.45) is 0. The third kappa shape index (κ3) is 2.76. The van der Waals surface area contributed by atoms with Crippen molar-refractivity contribution >= 4 is 5.78 Å². The van der Waals surface area contributed by atoms with Crippen molar-refractivity contribution in [3.05, 3.63) is 11.3 Å². The largest absolute Gasteiger partial charge is 0.366 e. The Balaban J connectivity index is 3.96. The Morgan fingerprint density at radius 1 is 0.783 bits per heavy atom. The molecule has 0 aromatic carbocycles. The molecule has 0 saturated carbocycles. The normalized spacial score (nSPS) is 24.0. The molecule has 23 heavy (non-hydrogen) atoms. The minimum Gasteiger partial charge on any atom is -0.366 e. The summed E-state index contributed by atoms with van der Waals surface area (Å²) in [6.45, 7) is 26.7. The van der Waals surface area contributed by atoms with E-state index in [1.807, 2.05) is 0 Å². The zero-order chi connectivity index (χ0) is 18.5. The van der Waals surface area contributed by atoms with E-state index < -0.39 is 5.41 Å². The number of nitrogens with zero attached hydrogens (tertiary/aromatic N) is 1. The van der Waals surface area contributed by atoms with Crippen molar-refractivity contribution in [1.82, 2.24) is 4.90 Å². The van der Waals surface area contributed by atoms with Gasteiger partial charge in [0, 0.05) is 28.3 Å². The molecule has 0 atom stereocenters. The lowest BCUT2D eigenvalue weighted by molar-refractivity contribution is -0.135. The molecule has 2 heteroatoms. The van der Waals surface area contributed by atoms with Crippen LogP contribution in [0.1, 0.15) is 83.1 Å². The van der Waals surface area contributed by atoms with Gasteiger partial charge in [0.05, 0.1) is 0 Å². The van der Waals surface area contributed by atoms with Crippen molar-refractivity contribution < 1.29 is 4.79 Å². The van der Waals surface area contributed by atoms with Crippen LogP contribution in [0.4, 0.5) is 0 Å². The van der Waals surface area contributed by atoms with E-state index in [0.717, 1.165) is 5.57 Å². The van der Waals surface area contributed by atoms with Gasteiger partial charge in [0.1, 0.15) is 0 Å². The van der Waals surface area contributed by atoms with E-state index >= 15 is 0 Å². The predicted octanol–water partition coefficient (Wildman–Crippen LogP) is 5.68. The summed E-state index contributed by atoms with van der Waals surface area (Å²) in [5.74, 6) is 0.908. The summed E-state index contributed by atoms with van der Waals surface area (Å²) in [7, 11) is 0. The van der Waals surface area contributed by atoms with E-state index in [1.165, 1.54) is 5.70 Å². The van der Waals surface area contributed by atoms with Gasteiger partial charge in [-0.15, -0.1) is 0 Å². The van der Waals surface area contributed by atoms with Crippen LogP contribution in [-0.2, 0) is 4.79 Å². The summed E-state index contributed by atoms with van der Waals surface area (Å²) in [5, 5.41) is 0. The molecule has 0 unspecified atom stereocenters. The third-order valence-corrected chi connectivity index (χ3v) is 6.68. The van der Waals surface area contributed by atoms with Gasteiger partial charge in [-0.3, -0.25) is 4.79 Å². The van der Waals surface area contributed by atoms with E-state index in [-0.39, 0.29) is 16.9 Å². The minimum absolute atomic E-state index is 0.115. The van der Waals surface area contributed by atoms with Gasteiger partial charge in [-0.1, -0.05) is 55.4 Å². The molecule has 0 bridgehead atoms. The lowest BCUT2D eigenvalue weighted by atomic mass is 9.56. The molecule has 134 valence electrons. The lowest BCUT2D eigenvalue weighted by Gasteiger charge is -2.56. The fourth-order valence-electron chi connectivity index (χ4n) is 4.30. The number of hydrogen-bond acceptors (Lipinski definition) is 2. The van der Waals surface area contributed by atoms with Gasteiger partial charge in [0.2, 0.25) is 0 Å². The van der Waals surface area contributed by atoms with Crippen molar-refractivity contribution in [3.8, 4) is 0 Å². The molecule has 1 aliphatic rings. The second-order valence-corrected chi connectivity index (χ2v) is 9.71. The van der Waals surface area contributed by atoms with Crippen LogP contribution in [0, 0.1) is 22.7 Å². The first kappa shape index (κ1) is 20.3. The molecule has 0 aromatic rings. The number of carbonyl (C=O) groups is 1. The van der Waals surface area contributed by atoms with Gasteiger partial charge in [-0.05, 0) is 44.9 Å².